The monoisotopic (exact) mass is 274 g/mol. The molecule has 20 heavy (non-hydrogen) atoms. The van der Waals surface area contributed by atoms with E-state index in [1.165, 1.54) is 0 Å². The number of ether oxygens (including phenoxy) is 2. The Morgan fingerprint density at radius 2 is 2.30 bits per heavy atom. The summed E-state index contributed by atoms with van der Waals surface area (Å²) in [6.45, 7) is 6.39. The number of aliphatic hydroxyl groups excluding tert-OH is 1. The second-order valence-corrected chi connectivity index (χ2v) is 5.04. The summed E-state index contributed by atoms with van der Waals surface area (Å²) in [6.07, 6.45) is 1.81. The van der Waals surface area contributed by atoms with Crippen molar-refractivity contribution in [2.75, 3.05) is 6.61 Å². The van der Waals surface area contributed by atoms with Gasteiger partial charge in [0.25, 0.3) is 0 Å². The topological polar surface area (TPSA) is 38.7 Å². The maximum absolute atomic E-state index is 10.3. The van der Waals surface area contributed by atoms with E-state index in [4.69, 9.17) is 9.47 Å². The summed E-state index contributed by atoms with van der Waals surface area (Å²) in [5.74, 6) is 7.46. The molecule has 0 fully saturated rings. The number of hydrogen-bond acceptors (Lipinski definition) is 3. The van der Waals surface area contributed by atoms with Gasteiger partial charge in [0.2, 0.25) is 0 Å². The van der Waals surface area contributed by atoms with Crippen molar-refractivity contribution < 1.29 is 14.6 Å². The fourth-order valence-electron chi connectivity index (χ4n) is 2.49. The van der Waals surface area contributed by atoms with Crippen molar-refractivity contribution in [2.45, 2.75) is 52.2 Å². The van der Waals surface area contributed by atoms with Crippen LogP contribution in [0.2, 0.25) is 0 Å². The molecule has 1 aliphatic heterocycles. The lowest BCUT2D eigenvalue weighted by Crippen LogP contribution is -2.05. The van der Waals surface area contributed by atoms with Crippen LogP contribution in [0.25, 0.3) is 0 Å². The first-order valence-corrected chi connectivity index (χ1v) is 7.19. The van der Waals surface area contributed by atoms with Gasteiger partial charge in [0.05, 0.1) is 12.7 Å². The predicted octanol–water partition coefficient (Wildman–Crippen LogP) is 3.25. The Morgan fingerprint density at radius 3 is 3.00 bits per heavy atom. The molecule has 0 amide bonds. The SMILES string of the molecule is CC#CCCC(O)c1cc2c(cc1OCC)CC(C)O2. The fourth-order valence-corrected chi connectivity index (χ4v) is 2.49. The highest BCUT2D eigenvalue weighted by molar-refractivity contribution is 5.49. The van der Waals surface area contributed by atoms with Gasteiger partial charge in [0, 0.05) is 24.0 Å². The third-order valence-electron chi connectivity index (χ3n) is 3.41. The van der Waals surface area contributed by atoms with E-state index in [0.29, 0.717) is 19.4 Å². The molecular formula is C17H22O3. The van der Waals surface area contributed by atoms with E-state index in [1.807, 2.05) is 32.9 Å². The van der Waals surface area contributed by atoms with Crippen molar-refractivity contribution in [3.8, 4) is 23.3 Å². The van der Waals surface area contributed by atoms with Gasteiger partial charge in [0.1, 0.15) is 17.6 Å². The van der Waals surface area contributed by atoms with E-state index in [-0.39, 0.29) is 6.10 Å². The molecule has 0 radical (unpaired) electrons. The van der Waals surface area contributed by atoms with E-state index in [2.05, 4.69) is 11.8 Å². The zero-order chi connectivity index (χ0) is 14.5. The molecule has 1 heterocycles. The minimum absolute atomic E-state index is 0.192. The molecule has 1 aliphatic rings. The van der Waals surface area contributed by atoms with Gasteiger partial charge in [-0.2, -0.15) is 0 Å². The molecule has 0 aromatic heterocycles. The minimum atomic E-state index is -0.567. The molecule has 3 heteroatoms. The standard InChI is InChI=1S/C17H22O3/c1-4-6-7-8-15(18)14-11-16-13(9-12(3)20-16)10-17(14)19-5-2/h10-12,15,18H,5,7-9H2,1-3H3. The van der Waals surface area contributed by atoms with Crippen LogP contribution in [0.15, 0.2) is 12.1 Å². The molecule has 1 N–H and O–H groups in total. The Labute approximate surface area is 120 Å². The summed E-state index contributed by atoms with van der Waals surface area (Å²) >= 11 is 0. The molecule has 0 aliphatic carbocycles. The van der Waals surface area contributed by atoms with E-state index >= 15 is 0 Å². The van der Waals surface area contributed by atoms with Crippen LogP contribution in [-0.2, 0) is 6.42 Å². The van der Waals surface area contributed by atoms with Crippen LogP contribution >= 0.6 is 0 Å². The van der Waals surface area contributed by atoms with Crippen LogP contribution in [0.3, 0.4) is 0 Å². The van der Waals surface area contributed by atoms with E-state index in [0.717, 1.165) is 29.0 Å². The average molecular weight is 274 g/mol. The fraction of sp³-hybridized carbons (Fsp3) is 0.529. The quantitative estimate of drug-likeness (QED) is 0.838. The van der Waals surface area contributed by atoms with Crippen LogP contribution in [-0.4, -0.2) is 17.8 Å². The van der Waals surface area contributed by atoms with Crippen LogP contribution < -0.4 is 9.47 Å². The molecule has 2 rings (SSSR count). The predicted molar refractivity (Wildman–Crippen MR) is 79.0 cm³/mol. The zero-order valence-electron chi connectivity index (χ0n) is 12.4. The van der Waals surface area contributed by atoms with Crippen molar-refractivity contribution in [2.24, 2.45) is 0 Å². The molecule has 108 valence electrons. The second kappa shape index (κ2) is 6.67. The lowest BCUT2D eigenvalue weighted by molar-refractivity contribution is 0.163. The van der Waals surface area contributed by atoms with Crippen LogP contribution in [0, 0.1) is 11.8 Å². The summed E-state index contributed by atoms with van der Waals surface area (Å²) in [5, 5.41) is 10.3. The van der Waals surface area contributed by atoms with Gasteiger partial charge in [-0.3, -0.25) is 0 Å². The highest BCUT2D eigenvalue weighted by Crippen LogP contribution is 2.38. The van der Waals surface area contributed by atoms with Crippen LogP contribution in [0.1, 0.15) is 50.8 Å². The molecule has 0 saturated carbocycles. The lowest BCUT2D eigenvalue weighted by Gasteiger charge is -2.16. The summed E-state index contributed by atoms with van der Waals surface area (Å²) in [5.41, 5.74) is 1.96. The Balaban J connectivity index is 2.25. The normalized spacial score (nSPS) is 17.7. The molecule has 0 spiro atoms. The van der Waals surface area contributed by atoms with E-state index in [1.54, 1.807) is 0 Å². The number of hydrogen-bond donors (Lipinski definition) is 1. The van der Waals surface area contributed by atoms with Gasteiger partial charge in [-0.25, -0.2) is 0 Å². The first-order chi connectivity index (χ1) is 9.65. The number of rotatable bonds is 5. The Morgan fingerprint density at radius 1 is 1.50 bits per heavy atom. The van der Waals surface area contributed by atoms with Crippen molar-refractivity contribution in [3.05, 3.63) is 23.3 Å². The van der Waals surface area contributed by atoms with Crippen LogP contribution in [0.5, 0.6) is 11.5 Å². The maximum Gasteiger partial charge on any atom is 0.125 e. The maximum atomic E-state index is 10.3. The zero-order valence-corrected chi connectivity index (χ0v) is 12.4. The smallest absolute Gasteiger partial charge is 0.125 e. The van der Waals surface area contributed by atoms with Crippen molar-refractivity contribution >= 4 is 0 Å². The Bertz CT molecular complexity index is 525. The first kappa shape index (κ1) is 14.7. The van der Waals surface area contributed by atoms with Gasteiger partial charge in [0.15, 0.2) is 0 Å². The van der Waals surface area contributed by atoms with Crippen molar-refractivity contribution in [1.82, 2.24) is 0 Å². The second-order valence-electron chi connectivity index (χ2n) is 5.04. The van der Waals surface area contributed by atoms with Gasteiger partial charge in [-0.05, 0) is 39.3 Å². The average Bonchev–Trinajstić information content (AvgIpc) is 2.77. The summed E-state index contributed by atoms with van der Waals surface area (Å²) < 4.78 is 11.4. The molecule has 1 aromatic carbocycles. The Kier molecular flexibility index (Phi) is 4.92. The molecule has 0 saturated heterocycles. The van der Waals surface area contributed by atoms with Crippen LogP contribution in [0.4, 0.5) is 0 Å². The molecule has 1 aromatic rings. The van der Waals surface area contributed by atoms with E-state index < -0.39 is 6.10 Å². The van der Waals surface area contributed by atoms with Gasteiger partial charge >= 0.3 is 0 Å². The van der Waals surface area contributed by atoms with Crippen molar-refractivity contribution in [1.29, 1.82) is 0 Å². The Hall–Kier alpha value is -1.66. The third kappa shape index (κ3) is 3.26. The molecule has 2 unspecified atom stereocenters. The summed E-state index contributed by atoms with van der Waals surface area (Å²) in [4.78, 5) is 0. The van der Waals surface area contributed by atoms with E-state index in [9.17, 15) is 5.11 Å². The largest absolute Gasteiger partial charge is 0.493 e. The van der Waals surface area contributed by atoms with Gasteiger partial charge in [-0.1, -0.05) is 0 Å². The molecule has 0 bridgehead atoms. The summed E-state index contributed by atoms with van der Waals surface area (Å²) in [6, 6.07) is 3.93. The lowest BCUT2D eigenvalue weighted by atomic mass is 10.00. The summed E-state index contributed by atoms with van der Waals surface area (Å²) in [7, 11) is 0. The highest BCUT2D eigenvalue weighted by Gasteiger charge is 2.24. The minimum Gasteiger partial charge on any atom is -0.493 e. The highest BCUT2D eigenvalue weighted by atomic mass is 16.5. The number of benzene rings is 1. The molecule has 3 nitrogen and oxygen atoms in total. The molecular weight excluding hydrogens is 252 g/mol. The van der Waals surface area contributed by atoms with Crippen molar-refractivity contribution in [3.63, 3.8) is 0 Å². The first-order valence-electron chi connectivity index (χ1n) is 7.19. The molecule has 2 atom stereocenters. The van der Waals surface area contributed by atoms with Gasteiger partial charge < -0.3 is 14.6 Å². The third-order valence-corrected chi connectivity index (χ3v) is 3.41. The van der Waals surface area contributed by atoms with Gasteiger partial charge in [-0.15, -0.1) is 11.8 Å². The number of aliphatic hydroxyl groups is 1. The number of fused-ring (bicyclic) bond motifs is 1.